The van der Waals surface area contributed by atoms with Gasteiger partial charge < -0.3 is 9.84 Å². The van der Waals surface area contributed by atoms with Crippen molar-refractivity contribution >= 4 is 11.8 Å². The van der Waals surface area contributed by atoms with Crippen molar-refractivity contribution in [3.05, 3.63) is 11.6 Å². The molecule has 0 saturated heterocycles. The van der Waals surface area contributed by atoms with Crippen LogP contribution in [-0.4, -0.2) is 29.6 Å². The summed E-state index contributed by atoms with van der Waals surface area (Å²) >= 11 is 0. The van der Waals surface area contributed by atoms with Crippen molar-refractivity contribution in [2.75, 3.05) is 6.61 Å². The van der Waals surface area contributed by atoms with Crippen LogP contribution in [0.5, 0.6) is 0 Å². The zero-order valence-corrected chi connectivity index (χ0v) is 10.3. The Kier molecular flexibility index (Phi) is 5.91. The summed E-state index contributed by atoms with van der Waals surface area (Å²) in [6.07, 6.45) is 5.41. The van der Waals surface area contributed by atoms with E-state index in [-0.39, 0.29) is 24.8 Å². The lowest BCUT2D eigenvalue weighted by Gasteiger charge is -2.04. The quantitative estimate of drug-likeness (QED) is 0.544. The molecule has 0 heterocycles. The summed E-state index contributed by atoms with van der Waals surface area (Å²) in [5, 5.41) is 9.20. The van der Waals surface area contributed by atoms with Crippen molar-refractivity contribution in [3.8, 4) is 0 Å². The van der Waals surface area contributed by atoms with Gasteiger partial charge in [0.2, 0.25) is 0 Å². The Hall–Kier alpha value is -1.16. The van der Waals surface area contributed by atoms with E-state index in [9.17, 15) is 14.7 Å². The third-order valence-electron chi connectivity index (χ3n) is 2.77. The molecule has 4 nitrogen and oxygen atoms in total. The molecule has 96 valence electrons. The molecule has 0 radical (unpaired) electrons. The van der Waals surface area contributed by atoms with Crippen LogP contribution in [0.3, 0.4) is 0 Å². The molecule has 1 aliphatic carbocycles. The topological polar surface area (TPSA) is 63.6 Å². The fraction of sp³-hybridized carbons (Fsp3) is 0.692. The summed E-state index contributed by atoms with van der Waals surface area (Å²) in [7, 11) is 0. The highest BCUT2D eigenvalue weighted by Crippen LogP contribution is 2.15. The van der Waals surface area contributed by atoms with E-state index in [2.05, 4.69) is 6.92 Å². The average Bonchev–Trinajstić information content (AvgIpc) is 2.61. The van der Waals surface area contributed by atoms with E-state index >= 15 is 0 Å². The van der Waals surface area contributed by atoms with Crippen LogP contribution >= 0.6 is 0 Å². The van der Waals surface area contributed by atoms with E-state index in [1.807, 2.05) is 0 Å². The first-order chi connectivity index (χ1) is 8.13. The second-order valence-electron chi connectivity index (χ2n) is 4.36. The number of ketones is 1. The normalized spacial score (nSPS) is 19.3. The Bertz CT molecular complexity index is 307. The van der Waals surface area contributed by atoms with E-state index in [0.29, 0.717) is 12.0 Å². The molecule has 0 unspecified atom stereocenters. The number of aliphatic hydroxyl groups excluding tert-OH is 1. The molecule has 1 atom stereocenters. The molecular formula is C13H20O4. The van der Waals surface area contributed by atoms with Gasteiger partial charge in [0.25, 0.3) is 0 Å². The SMILES string of the molecule is CCCCCCC(=O)OCC1=C[C@H](O)CC1=O. The number of ether oxygens (including phenoxy) is 1. The molecule has 1 aliphatic rings. The zero-order chi connectivity index (χ0) is 12.7. The van der Waals surface area contributed by atoms with Gasteiger partial charge in [-0.15, -0.1) is 0 Å². The Morgan fingerprint density at radius 1 is 1.47 bits per heavy atom. The Labute approximate surface area is 102 Å². The summed E-state index contributed by atoms with van der Waals surface area (Å²) in [6, 6.07) is 0. The van der Waals surface area contributed by atoms with Gasteiger partial charge in [0.05, 0.1) is 6.10 Å². The van der Waals surface area contributed by atoms with Gasteiger partial charge in [0.15, 0.2) is 5.78 Å². The average molecular weight is 240 g/mol. The number of esters is 1. The van der Waals surface area contributed by atoms with Crippen LogP contribution in [-0.2, 0) is 14.3 Å². The Morgan fingerprint density at radius 3 is 2.82 bits per heavy atom. The third kappa shape index (κ3) is 5.13. The molecule has 1 N–H and O–H groups in total. The summed E-state index contributed by atoms with van der Waals surface area (Å²) in [6.45, 7) is 2.12. The van der Waals surface area contributed by atoms with Crippen molar-refractivity contribution in [3.63, 3.8) is 0 Å². The number of Topliss-reactive ketones (excluding diaryl/α,β-unsaturated/α-hetero) is 1. The van der Waals surface area contributed by atoms with Gasteiger partial charge in [0, 0.05) is 18.4 Å². The van der Waals surface area contributed by atoms with E-state index in [1.54, 1.807) is 0 Å². The highest BCUT2D eigenvalue weighted by Gasteiger charge is 2.22. The lowest BCUT2D eigenvalue weighted by Crippen LogP contribution is -2.10. The van der Waals surface area contributed by atoms with Crippen molar-refractivity contribution < 1.29 is 19.4 Å². The predicted octanol–water partition coefficient (Wildman–Crippen LogP) is 1.76. The van der Waals surface area contributed by atoms with E-state index < -0.39 is 6.10 Å². The fourth-order valence-corrected chi connectivity index (χ4v) is 1.76. The van der Waals surface area contributed by atoms with Gasteiger partial charge in [-0.25, -0.2) is 0 Å². The van der Waals surface area contributed by atoms with Crippen LogP contribution in [0.1, 0.15) is 45.4 Å². The molecule has 4 heteroatoms. The van der Waals surface area contributed by atoms with Crippen LogP contribution in [0.2, 0.25) is 0 Å². The first kappa shape index (κ1) is 13.9. The molecule has 1 rings (SSSR count). The van der Waals surface area contributed by atoms with E-state index in [4.69, 9.17) is 4.74 Å². The molecule has 0 aromatic rings. The Balaban J connectivity index is 2.15. The number of unbranched alkanes of at least 4 members (excludes halogenated alkanes) is 3. The van der Waals surface area contributed by atoms with Gasteiger partial charge in [-0.1, -0.05) is 26.2 Å². The lowest BCUT2D eigenvalue weighted by atomic mass is 10.1. The van der Waals surface area contributed by atoms with Gasteiger partial charge in [-0.05, 0) is 12.5 Å². The maximum Gasteiger partial charge on any atom is 0.306 e. The summed E-state index contributed by atoms with van der Waals surface area (Å²) < 4.78 is 4.99. The maximum atomic E-state index is 11.3. The van der Waals surface area contributed by atoms with Crippen LogP contribution in [0, 0.1) is 0 Å². The van der Waals surface area contributed by atoms with E-state index in [0.717, 1.165) is 25.7 Å². The first-order valence-electron chi connectivity index (χ1n) is 6.21. The number of aliphatic hydroxyl groups is 1. The molecule has 0 aliphatic heterocycles. The smallest absolute Gasteiger partial charge is 0.306 e. The summed E-state index contributed by atoms with van der Waals surface area (Å²) in [5.74, 6) is -0.396. The molecule has 0 saturated carbocycles. The predicted molar refractivity (Wildman–Crippen MR) is 63.4 cm³/mol. The maximum absolute atomic E-state index is 11.3. The second-order valence-corrected chi connectivity index (χ2v) is 4.36. The third-order valence-corrected chi connectivity index (χ3v) is 2.77. The molecule has 0 aromatic heterocycles. The van der Waals surface area contributed by atoms with Crippen LogP contribution < -0.4 is 0 Å². The highest BCUT2D eigenvalue weighted by molar-refractivity contribution is 5.98. The van der Waals surface area contributed by atoms with Gasteiger partial charge in [-0.3, -0.25) is 9.59 Å². The number of carbonyl (C=O) groups excluding carboxylic acids is 2. The van der Waals surface area contributed by atoms with Crippen LogP contribution in [0.15, 0.2) is 11.6 Å². The summed E-state index contributed by atoms with van der Waals surface area (Å²) in [4.78, 5) is 22.6. The minimum Gasteiger partial charge on any atom is -0.461 e. The Morgan fingerprint density at radius 2 is 2.24 bits per heavy atom. The van der Waals surface area contributed by atoms with E-state index in [1.165, 1.54) is 6.08 Å². The van der Waals surface area contributed by atoms with Crippen LogP contribution in [0.25, 0.3) is 0 Å². The molecule has 17 heavy (non-hydrogen) atoms. The molecule has 0 spiro atoms. The molecule has 0 fully saturated rings. The van der Waals surface area contributed by atoms with Crippen molar-refractivity contribution in [1.29, 1.82) is 0 Å². The van der Waals surface area contributed by atoms with Crippen LogP contribution in [0.4, 0.5) is 0 Å². The monoisotopic (exact) mass is 240 g/mol. The van der Waals surface area contributed by atoms with Gasteiger partial charge >= 0.3 is 5.97 Å². The number of hydrogen-bond donors (Lipinski definition) is 1. The molecular weight excluding hydrogens is 220 g/mol. The first-order valence-corrected chi connectivity index (χ1v) is 6.21. The molecule has 0 amide bonds. The largest absolute Gasteiger partial charge is 0.461 e. The second kappa shape index (κ2) is 7.22. The van der Waals surface area contributed by atoms with Crippen molar-refractivity contribution in [2.24, 2.45) is 0 Å². The molecule has 0 aromatic carbocycles. The zero-order valence-electron chi connectivity index (χ0n) is 10.3. The number of rotatable bonds is 7. The summed E-state index contributed by atoms with van der Waals surface area (Å²) in [5.41, 5.74) is 0.416. The lowest BCUT2D eigenvalue weighted by molar-refractivity contribution is -0.142. The fourth-order valence-electron chi connectivity index (χ4n) is 1.76. The minimum atomic E-state index is -0.708. The minimum absolute atomic E-state index is 0.00248. The number of hydrogen-bond acceptors (Lipinski definition) is 4. The highest BCUT2D eigenvalue weighted by atomic mass is 16.5. The van der Waals surface area contributed by atoms with Crippen molar-refractivity contribution in [1.82, 2.24) is 0 Å². The van der Waals surface area contributed by atoms with Gasteiger partial charge in [0.1, 0.15) is 6.61 Å². The number of carbonyl (C=O) groups is 2. The standard InChI is InChI=1S/C13H20O4/c1-2-3-4-5-6-13(16)17-9-10-7-11(14)8-12(10)15/h7,11,14H,2-6,8-9H2,1H3/t11-/m0/s1. The van der Waals surface area contributed by atoms with Gasteiger partial charge in [-0.2, -0.15) is 0 Å². The molecule has 0 bridgehead atoms. The van der Waals surface area contributed by atoms with Crippen molar-refractivity contribution in [2.45, 2.75) is 51.6 Å².